The van der Waals surface area contributed by atoms with Gasteiger partial charge in [-0.1, -0.05) is 12.8 Å². The van der Waals surface area contributed by atoms with Crippen LogP contribution in [0.15, 0.2) is 0 Å². The first-order valence-corrected chi connectivity index (χ1v) is 10.2. The van der Waals surface area contributed by atoms with E-state index in [0.717, 1.165) is 82.9 Å². The maximum Gasteiger partial charge on any atom is 0.230 e. The largest absolute Gasteiger partial charge is 0.368 e. The molecule has 7 heteroatoms. The number of carbonyl (C=O) groups is 1. The highest BCUT2D eigenvalue weighted by Crippen LogP contribution is 2.33. The number of rotatable bonds is 4. The predicted octanol–water partition coefficient (Wildman–Crippen LogP) is 2.34. The van der Waals surface area contributed by atoms with Crippen LogP contribution in [0, 0.1) is 5.92 Å². The third kappa shape index (κ3) is 3.91. The third-order valence-corrected chi connectivity index (χ3v) is 6.18. The average molecular weight is 358 g/mol. The van der Waals surface area contributed by atoms with Gasteiger partial charge < -0.3 is 15.5 Å². The lowest BCUT2D eigenvalue weighted by Crippen LogP contribution is -2.43. The molecule has 0 radical (unpaired) electrons. The van der Waals surface area contributed by atoms with E-state index in [2.05, 4.69) is 19.8 Å². The summed E-state index contributed by atoms with van der Waals surface area (Å²) in [6, 6.07) is 0. The van der Waals surface area contributed by atoms with E-state index in [4.69, 9.17) is 10.7 Å². The van der Waals surface area contributed by atoms with Crippen LogP contribution in [-0.2, 0) is 4.79 Å². The highest BCUT2D eigenvalue weighted by Gasteiger charge is 2.27. The van der Waals surface area contributed by atoms with Crippen molar-refractivity contribution in [2.24, 2.45) is 5.92 Å². The monoisotopic (exact) mass is 358 g/mol. The number of aromatic nitrogens is 3. The maximum atomic E-state index is 12.0. The van der Waals surface area contributed by atoms with E-state index >= 15 is 0 Å². The highest BCUT2D eigenvalue weighted by molar-refractivity contribution is 5.76. The number of nitrogens with two attached hydrogens (primary N) is 1. The molecule has 2 saturated heterocycles. The van der Waals surface area contributed by atoms with Crippen molar-refractivity contribution < 1.29 is 4.79 Å². The van der Waals surface area contributed by atoms with Gasteiger partial charge in [-0.05, 0) is 44.4 Å². The molecule has 0 spiro atoms. The van der Waals surface area contributed by atoms with Gasteiger partial charge >= 0.3 is 0 Å². The van der Waals surface area contributed by atoms with E-state index in [1.807, 2.05) is 0 Å². The van der Waals surface area contributed by atoms with Crippen LogP contribution in [0.2, 0.25) is 0 Å². The molecule has 0 atom stereocenters. The summed E-state index contributed by atoms with van der Waals surface area (Å²) >= 11 is 0. The first-order valence-electron chi connectivity index (χ1n) is 10.2. The quantitative estimate of drug-likeness (QED) is 0.889. The Bertz CT molecular complexity index is 637. The third-order valence-electron chi connectivity index (χ3n) is 6.18. The summed E-state index contributed by atoms with van der Waals surface area (Å²) < 4.78 is 0. The van der Waals surface area contributed by atoms with E-state index in [9.17, 15) is 4.79 Å². The van der Waals surface area contributed by atoms with E-state index in [1.54, 1.807) is 0 Å². The lowest BCUT2D eigenvalue weighted by atomic mass is 9.95. The summed E-state index contributed by atoms with van der Waals surface area (Å²) in [6.45, 7) is 3.72. The number of hydrogen-bond donors (Lipinski definition) is 1. The van der Waals surface area contributed by atoms with Crippen LogP contribution >= 0.6 is 0 Å². The zero-order chi connectivity index (χ0) is 17.9. The summed E-state index contributed by atoms with van der Waals surface area (Å²) in [4.78, 5) is 29.9. The Morgan fingerprint density at radius 2 is 1.69 bits per heavy atom. The second-order valence-corrected chi connectivity index (χ2v) is 8.06. The highest BCUT2D eigenvalue weighted by atomic mass is 16.2. The predicted molar refractivity (Wildman–Crippen MR) is 101 cm³/mol. The molecule has 1 aromatic rings. The number of anilines is 2. The normalized spacial score (nSPS) is 23.0. The van der Waals surface area contributed by atoms with Gasteiger partial charge in [-0.25, -0.2) is 0 Å². The van der Waals surface area contributed by atoms with Gasteiger partial charge in [0.25, 0.3) is 0 Å². The summed E-state index contributed by atoms with van der Waals surface area (Å²) in [5, 5.41) is 0. The molecule has 0 aromatic carbocycles. The Balaban J connectivity index is 1.36. The molecule has 2 aliphatic heterocycles. The average Bonchev–Trinajstić information content (AvgIpc) is 3.19. The standard InChI is InChI=1S/C19H30N6O/c20-18-21-17(15-5-1-2-6-15)22-19(23-18)24-11-8-14(9-12-24)13-25-10-4-3-7-16(25)26/h14-15H,1-13H2,(H2,20,21,22,23). The van der Waals surface area contributed by atoms with Crippen molar-refractivity contribution in [1.29, 1.82) is 0 Å². The molecule has 0 unspecified atom stereocenters. The minimum Gasteiger partial charge on any atom is -0.368 e. The number of hydrogen-bond acceptors (Lipinski definition) is 6. The van der Waals surface area contributed by atoms with Crippen LogP contribution in [0.25, 0.3) is 0 Å². The molecule has 1 aromatic heterocycles. The molecular formula is C19H30N6O. The second-order valence-electron chi connectivity index (χ2n) is 8.06. The van der Waals surface area contributed by atoms with Gasteiger partial charge in [-0.3, -0.25) is 4.79 Å². The summed E-state index contributed by atoms with van der Waals surface area (Å²) in [5.41, 5.74) is 5.97. The van der Waals surface area contributed by atoms with Crippen molar-refractivity contribution in [3.05, 3.63) is 5.82 Å². The minimum absolute atomic E-state index is 0.338. The Labute approximate surface area is 155 Å². The van der Waals surface area contributed by atoms with Crippen LogP contribution in [0.1, 0.15) is 69.5 Å². The zero-order valence-corrected chi connectivity index (χ0v) is 15.6. The molecule has 3 aliphatic rings. The lowest BCUT2D eigenvalue weighted by molar-refractivity contribution is -0.134. The molecule has 1 saturated carbocycles. The van der Waals surface area contributed by atoms with E-state index < -0.39 is 0 Å². The van der Waals surface area contributed by atoms with Crippen molar-refractivity contribution in [3.63, 3.8) is 0 Å². The molecule has 4 rings (SSSR count). The summed E-state index contributed by atoms with van der Waals surface area (Å²) in [5.74, 6) is 3.34. The molecular weight excluding hydrogens is 328 g/mol. The van der Waals surface area contributed by atoms with Gasteiger partial charge in [-0.2, -0.15) is 15.0 Å². The van der Waals surface area contributed by atoms with Crippen LogP contribution in [-0.4, -0.2) is 51.9 Å². The molecule has 7 nitrogen and oxygen atoms in total. The van der Waals surface area contributed by atoms with Crippen LogP contribution in [0.5, 0.6) is 0 Å². The Hall–Kier alpha value is -1.92. The number of amides is 1. The van der Waals surface area contributed by atoms with Crippen molar-refractivity contribution in [2.75, 3.05) is 36.8 Å². The molecule has 1 aliphatic carbocycles. The van der Waals surface area contributed by atoms with Crippen LogP contribution in [0.4, 0.5) is 11.9 Å². The van der Waals surface area contributed by atoms with Crippen molar-refractivity contribution in [1.82, 2.24) is 19.9 Å². The van der Waals surface area contributed by atoms with Gasteiger partial charge in [0.2, 0.25) is 17.8 Å². The second kappa shape index (κ2) is 7.76. The Morgan fingerprint density at radius 3 is 2.42 bits per heavy atom. The summed E-state index contributed by atoms with van der Waals surface area (Å²) in [6.07, 6.45) is 9.92. The molecule has 0 bridgehead atoms. The molecule has 26 heavy (non-hydrogen) atoms. The topological polar surface area (TPSA) is 88.2 Å². The molecule has 2 N–H and O–H groups in total. The van der Waals surface area contributed by atoms with Crippen molar-refractivity contribution in [3.8, 4) is 0 Å². The van der Waals surface area contributed by atoms with Gasteiger partial charge in [0.05, 0.1) is 0 Å². The minimum atomic E-state index is 0.338. The number of piperidine rings is 2. The van der Waals surface area contributed by atoms with Crippen LogP contribution < -0.4 is 10.6 Å². The first-order chi connectivity index (χ1) is 12.7. The van der Waals surface area contributed by atoms with Gasteiger partial charge in [-0.15, -0.1) is 0 Å². The smallest absolute Gasteiger partial charge is 0.230 e. The van der Waals surface area contributed by atoms with Crippen molar-refractivity contribution in [2.45, 2.75) is 63.7 Å². The molecule has 1 amide bonds. The van der Waals surface area contributed by atoms with Crippen molar-refractivity contribution >= 4 is 17.8 Å². The van der Waals surface area contributed by atoms with E-state index in [0.29, 0.717) is 23.7 Å². The number of likely N-dealkylation sites (tertiary alicyclic amines) is 1. The fraction of sp³-hybridized carbons (Fsp3) is 0.789. The number of nitrogen functional groups attached to an aromatic ring is 1. The van der Waals surface area contributed by atoms with Gasteiger partial charge in [0.15, 0.2) is 0 Å². The van der Waals surface area contributed by atoms with E-state index in [1.165, 1.54) is 12.8 Å². The Morgan fingerprint density at radius 1 is 0.923 bits per heavy atom. The fourth-order valence-corrected chi connectivity index (χ4v) is 4.59. The van der Waals surface area contributed by atoms with Crippen LogP contribution in [0.3, 0.4) is 0 Å². The van der Waals surface area contributed by atoms with E-state index in [-0.39, 0.29) is 0 Å². The molecule has 3 heterocycles. The SMILES string of the molecule is Nc1nc(C2CCCC2)nc(N2CCC(CN3CCCCC3=O)CC2)n1. The molecule has 142 valence electrons. The zero-order valence-electron chi connectivity index (χ0n) is 15.6. The maximum absolute atomic E-state index is 12.0. The fourth-order valence-electron chi connectivity index (χ4n) is 4.59. The van der Waals surface area contributed by atoms with Gasteiger partial charge in [0.1, 0.15) is 5.82 Å². The first kappa shape index (κ1) is 17.5. The molecule has 3 fully saturated rings. The summed E-state index contributed by atoms with van der Waals surface area (Å²) in [7, 11) is 0. The number of carbonyl (C=O) groups excluding carboxylic acids is 1. The number of nitrogens with zero attached hydrogens (tertiary/aromatic N) is 5. The lowest BCUT2D eigenvalue weighted by Gasteiger charge is -2.36. The van der Waals surface area contributed by atoms with Gasteiger partial charge in [0, 0.05) is 38.5 Å². The Kier molecular flexibility index (Phi) is 5.22.